The molecular formula is C44H89NO9P+. The van der Waals surface area contributed by atoms with Crippen LogP contribution in [-0.2, 0) is 32.7 Å². The summed E-state index contributed by atoms with van der Waals surface area (Å²) in [7, 11) is 1.17. The molecule has 0 spiro atoms. The Labute approximate surface area is 338 Å². The van der Waals surface area contributed by atoms with E-state index < -0.39 is 38.8 Å². The number of carbonyl (C=O) groups excluding carboxylic acids is 2. The number of carbonyl (C=O) groups is 2. The molecule has 0 fully saturated rings. The van der Waals surface area contributed by atoms with Gasteiger partial charge in [0.1, 0.15) is 19.8 Å². The lowest BCUT2D eigenvalue weighted by molar-refractivity contribution is -0.870. The van der Waals surface area contributed by atoms with Crippen LogP contribution in [0.15, 0.2) is 0 Å². The molecule has 11 heteroatoms. The van der Waals surface area contributed by atoms with Crippen LogP contribution in [0.5, 0.6) is 0 Å². The molecule has 10 nitrogen and oxygen atoms in total. The molecule has 0 aromatic heterocycles. The van der Waals surface area contributed by atoms with Gasteiger partial charge in [-0.2, -0.15) is 0 Å². The molecule has 0 aromatic rings. The van der Waals surface area contributed by atoms with E-state index in [1.165, 1.54) is 141 Å². The Morgan fingerprint density at radius 1 is 0.509 bits per heavy atom. The quantitative estimate of drug-likeness (QED) is 0.0204. The van der Waals surface area contributed by atoms with Crippen LogP contribution in [0.2, 0.25) is 0 Å². The summed E-state index contributed by atoms with van der Waals surface area (Å²) >= 11 is 0. The van der Waals surface area contributed by atoms with Gasteiger partial charge < -0.3 is 24.0 Å². The number of quaternary nitrogens is 1. The van der Waals surface area contributed by atoms with Crippen molar-refractivity contribution in [1.82, 2.24) is 0 Å². The van der Waals surface area contributed by atoms with Gasteiger partial charge in [0.25, 0.3) is 5.79 Å². The molecule has 328 valence electrons. The van der Waals surface area contributed by atoms with Gasteiger partial charge in [-0.3, -0.25) is 18.6 Å². The van der Waals surface area contributed by atoms with E-state index in [-0.39, 0.29) is 19.4 Å². The van der Waals surface area contributed by atoms with Crippen LogP contribution < -0.4 is 0 Å². The topological polar surface area (TPSA) is 129 Å². The normalized spacial score (nSPS) is 14.1. The van der Waals surface area contributed by atoms with E-state index >= 15 is 0 Å². The lowest BCUT2D eigenvalue weighted by Gasteiger charge is -2.28. The molecule has 0 radical (unpaired) electrons. The first-order chi connectivity index (χ1) is 26.3. The largest absolute Gasteiger partial charge is 0.472 e. The van der Waals surface area contributed by atoms with Gasteiger partial charge in [0.2, 0.25) is 0 Å². The minimum atomic E-state index is -4.57. The van der Waals surface area contributed by atoms with Crippen LogP contribution in [0.4, 0.5) is 0 Å². The second kappa shape index (κ2) is 36.1. The van der Waals surface area contributed by atoms with Crippen molar-refractivity contribution in [1.29, 1.82) is 0 Å². The third kappa shape index (κ3) is 39.6. The standard InChI is InChI=1S/C44H88NO9P/c1-6-8-10-12-14-16-18-20-22-24-26-28-30-32-34-36-42(46)51-40-44(48,41-53-55(49,50)52-39-38-45(3,4)5)54-43(47)37-35-33-31-29-27-25-23-21-19-17-15-13-11-9-7-2/h48H,6-41H2,1-5H3/p+1/t44-/m1/s1. The number of nitrogens with zero attached hydrogens (tertiary/aromatic N) is 1. The molecule has 0 amide bonds. The Bertz CT molecular complexity index is 945. The van der Waals surface area contributed by atoms with Crippen molar-refractivity contribution in [2.24, 2.45) is 0 Å². The SMILES string of the molecule is CCCCCCCCCCCCCCCCCC(=O)OC[C@](O)(COP(=O)(O)OCC[N+](C)(C)C)OC(=O)CCCCCCCCCCCCCCCCC. The highest BCUT2D eigenvalue weighted by molar-refractivity contribution is 7.47. The van der Waals surface area contributed by atoms with E-state index in [1.54, 1.807) is 0 Å². The van der Waals surface area contributed by atoms with E-state index in [2.05, 4.69) is 13.8 Å². The van der Waals surface area contributed by atoms with Crippen molar-refractivity contribution in [3.63, 3.8) is 0 Å². The zero-order valence-corrected chi connectivity index (χ0v) is 37.5. The Morgan fingerprint density at radius 3 is 1.18 bits per heavy atom. The number of aliphatic hydroxyl groups is 1. The zero-order valence-electron chi connectivity index (χ0n) is 36.6. The third-order valence-corrected chi connectivity index (χ3v) is 11.2. The molecule has 1 unspecified atom stereocenters. The number of unbranched alkanes of at least 4 members (excludes halogenated alkanes) is 28. The maximum absolute atomic E-state index is 12.7. The van der Waals surface area contributed by atoms with Crippen molar-refractivity contribution < 1.29 is 47.2 Å². The van der Waals surface area contributed by atoms with Crippen molar-refractivity contribution in [2.75, 3.05) is 47.5 Å². The van der Waals surface area contributed by atoms with E-state index in [0.29, 0.717) is 23.9 Å². The van der Waals surface area contributed by atoms with Gasteiger partial charge in [-0.25, -0.2) is 4.57 Å². The predicted molar refractivity (Wildman–Crippen MR) is 226 cm³/mol. The molecule has 0 aromatic carbocycles. The zero-order chi connectivity index (χ0) is 40.9. The smallest absolute Gasteiger partial charge is 0.459 e. The average Bonchev–Trinajstić information content (AvgIpc) is 3.12. The summed E-state index contributed by atoms with van der Waals surface area (Å²) in [6.07, 6.45) is 36.7. The molecule has 0 aliphatic rings. The third-order valence-electron chi connectivity index (χ3n) is 10.2. The average molecular weight is 807 g/mol. The fourth-order valence-corrected chi connectivity index (χ4v) is 7.31. The first kappa shape index (κ1) is 54.0. The molecule has 0 saturated carbocycles. The number of hydrogen-bond donors (Lipinski definition) is 2. The molecular weight excluding hydrogens is 717 g/mol. The van der Waals surface area contributed by atoms with Crippen molar-refractivity contribution in [2.45, 2.75) is 225 Å². The summed E-state index contributed by atoms with van der Waals surface area (Å²) in [5.74, 6) is -3.63. The Morgan fingerprint density at radius 2 is 0.836 bits per heavy atom. The summed E-state index contributed by atoms with van der Waals surface area (Å²) in [4.78, 5) is 35.4. The van der Waals surface area contributed by atoms with Crippen LogP contribution >= 0.6 is 7.82 Å². The number of esters is 2. The first-order valence-corrected chi connectivity index (χ1v) is 24.3. The lowest BCUT2D eigenvalue weighted by atomic mass is 10.0. The summed E-state index contributed by atoms with van der Waals surface area (Å²) in [6.45, 7) is 3.33. The maximum atomic E-state index is 12.7. The van der Waals surface area contributed by atoms with Crippen molar-refractivity contribution >= 4 is 19.8 Å². The summed E-state index contributed by atoms with van der Waals surface area (Å²) in [6, 6.07) is 0. The van der Waals surface area contributed by atoms with Gasteiger partial charge in [0, 0.05) is 12.8 Å². The van der Waals surface area contributed by atoms with Gasteiger partial charge in [-0.05, 0) is 12.8 Å². The van der Waals surface area contributed by atoms with Crippen LogP contribution in [0.1, 0.15) is 219 Å². The number of hydrogen-bond acceptors (Lipinski definition) is 8. The summed E-state index contributed by atoms with van der Waals surface area (Å²) < 4.78 is 33.7. The Kier molecular flexibility index (Phi) is 35.4. The second-order valence-electron chi connectivity index (χ2n) is 17.1. The Balaban J connectivity index is 4.44. The number of phosphoric acid groups is 1. The Hall–Kier alpha value is -1.03. The highest BCUT2D eigenvalue weighted by atomic mass is 31.2. The highest BCUT2D eigenvalue weighted by Crippen LogP contribution is 2.44. The molecule has 0 heterocycles. The summed E-state index contributed by atoms with van der Waals surface area (Å²) in [5, 5.41) is 11.1. The second-order valence-corrected chi connectivity index (χ2v) is 18.5. The fraction of sp³-hybridized carbons (Fsp3) is 0.955. The molecule has 0 saturated heterocycles. The number of phosphoric ester groups is 1. The van der Waals surface area contributed by atoms with Gasteiger partial charge in [-0.1, -0.05) is 194 Å². The van der Waals surface area contributed by atoms with Crippen LogP contribution in [0.25, 0.3) is 0 Å². The first-order valence-electron chi connectivity index (χ1n) is 22.8. The fourth-order valence-electron chi connectivity index (χ4n) is 6.56. The van der Waals surface area contributed by atoms with Gasteiger partial charge in [0.15, 0.2) is 6.61 Å². The van der Waals surface area contributed by atoms with Crippen LogP contribution in [0.3, 0.4) is 0 Å². The minimum Gasteiger partial charge on any atom is -0.459 e. The summed E-state index contributed by atoms with van der Waals surface area (Å²) in [5.41, 5.74) is 0. The molecule has 2 N–H and O–H groups in total. The molecule has 2 atom stereocenters. The van der Waals surface area contributed by atoms with Crippen LogP contribution in [0, 0.1) is 0 Å². The van der Waals surface area contributed by atoms with Gasteiger partial charge in [0.05, 0.1) is 21.1 Å². The molecule has 0 aliphatic heterocycles. The van der Waals surface area contributed by atoms with Crippen molar-refractivity contribution in [3.05, 3.63) is 0 Å². The van der Waals surface area contributed by atoms with E-state index in [0.717, 1.165) is 38.5 Å². The predicted octanol–water partition coefficient (Wildman–Crippen LogP) is 12.1. The number of ether oxygens (including phenoxy) is 2. The monoisotopic (exact) mass is 807 g/mol. The van der Waals surface area contributed by atoms with E-state index in [9.17, 15) is 24.2 Å². The van der Waals surface area contributed by atoms with Crippen molar-refractivity contribution in [3.8, 4) is 0 Å². The highest BCUT2D eigenvalue weighted by Gasteiger charge is 2.38. The lowest BCUT2D eigenvalue weighted by Crippen LogP contribution is -2.44. The molecule has 0 aliphatic carbocycles. The molecule has 55 heavy (non-hydrogen) atoms. The number of likely N-dealkylation sites (N-methyl/N-ethyl adjacent to an activating group) is 1. The van der Waals surface area contributed by atoms with Gasteiger partial charge in [-0.15, -0.1) is 0 Å². The molecule has 0 bridgehead atoms. The minimum absolute atomic E-state index is 0.0527. The van der Waals surface area contributed by atoms with E-state index in [1.807, 2.05) is 21.1 Å². The number of rotatable bonds is 42. The van der Waals surface area contributed by atoms with E-state index in [4.69, 9.17) is 18.5 Å². The molecule has 0 rings (SSSR count). The van der Waals surface area contributed by atoms with Gasteiger partial charge >= 0.3 is 19.8 Å². The maximum Gasteiger partial charge on any atom is 0.472 e. The van der Waals surface area contributed by atoms with Crippen LogP contribution in [-0.4, -0.2) is 79.7 Å².